The summed E-state index contributed by atoms with van der Waals surface area (Å²) in [4.78, 5) is 22.8. The summed E-state index contributed by atoms with van der Waals surface area (Å²) in [6.45, 7) is 1.69. The number of hydrazine groups is 1. The highest BCUT2D eigenvalue weighted by atomic mass is 19.1. The van der Waals surface area contributed by atoms with E-state index in [0.29, 0.717) is 12.1 Å². The zero-order valence-electron chi connectivity index (χ0n) is 11.3. The first kappa shape index (κ1) is 15.1. The van der Waals surface area contributed by atoms with Crippen LogP contribution >= 0.6 is 0 Å². The molecule has 0 aliphatic carbocycles. The van der Waals surface area contributed by atoms with E-state index in [4.69, 9.17) is 9.84 Å². The summed E-state index contributed by atoms with van der Waals surface area (Å²) in [5.41, 5.74) is 3.18. The highest BCUT2D eigenvalue weighted by molar-refractivity contribution is 6.01. The minimum Gasteiger partial charge on any atom is -0.479 e. The Morgan fingerprint density at radius 3 is 2.71 bits per heavy atom. The number of carboxylic acids is 1. The first-order valence-corrected chi connectivity index (χ1v) is 6.43. The molecule has 0 saturated heterocycles. The monoisotopic (exact) mass is 294 g/mol. The van der Waals surface area contributed by atoms with Gasteiger partial charge in [-0.15, -0.1) is 0 Å². The molecule has 1 aliphatic rings. The third-order valence-electron chi connectivity index (χ3n) is 2.93. The van der Waals surface area contributed by atoms with Gasteiger partial charge in [-0.1, -0.05) is 6.92 Å². The van der Waals surface area contributed by atoms with Gasteiger partial charge in [-0.3, -0.25) is 4.79 Å². The molecule has 2 rings (SSSR count). The highest BCUT2D eigenvalue weighted by Crippen LogP contribution is 2.17. The molecule has 6 nitrogen and oxygen atoms in total. The van der Waals surface area contributed by atoms with E-state index in [1.807, 2.05) is 0 Å². The van der Waals surface area contributed by atoms with Crippen LogP contribution in [0.3, 0.4) is 0 Å². The molecule has 2 atom stereocenters. The predicted molar refractivity (Wildman–Crippen MR) is 72.7 cm³/mol. The second-order valence-electron chi connectivity index (χ2n) is 4.43. The van der Waals surface area contributed by atoms with Gasteiger partial charge in [0, 0.05) is 6.08 Å². The molecular weight excluding hydrogens is 279 g/mol. The van der Waals surface area contributed by atoms with E-state index in [9.17, 15) is 14.0 Å². The minimum absolute atomic E-state index is 0.297. The third-order valence-corrected chi connectivity index (χ3v) is 2.93. The fraction of sp³-hybridized carbons (Fsp3) is 0.286. The van der Waals surface area contributed by atoms with E-state index < -0.39 is 24.1 Å². The molecule has 1 amide bonds. The van der Waals surface area contributed by atoms with Crippen molar-refractivity contribution in [1.29, 1.82) is 0 Å². The fourth-order valence-electron chi connectivity index (χ4n) is 1.85. The molecule has 1 aromatic rings. The molecular formula is C14H15FN2O4. The van der Waals surface area contributed by atoms with Crippen LogP contribution in [0.15, 0.2) is 36.4 Å². The molecule has 0 radical (unpaired) electrons. The Morgan fingerprint density at radius 1 is 1.48 bits per heavy atom. The number of benzene rings is 1. The Labute approximate surface area is 120 Å². The van der Waals surface area contributed by atoms with Gasteiger partial charge in [-0.2, -0.15) is 5.43 Å². The van der Waals surface area contributed by atoms with Crippen LogP contribution in [0.2, 0.25) is 0 Å². The molecule has 0 bridgehead atoms. The van der Waals surface area contributed by atoms with Gasteiger partial charge in [0.1, 0.15) is 12.0 Å². The van der Waals surface area contributed by atoms with Crippen LogP contribution in [0, 0.1) is 5.82 Å². The van der Waals surface area contributed by atoms with E-state index in [1.54, 1.807) is 6.92 Å². The minimum atomic E-state index is -1.07. The normalized spacial score (nSPS) is 19.6. The maximum absolute atomic E-state index is 12.9. The smallest absolute Gasteiger partial charge is 0.332 e. The van der Waals surface area contributed by atoms with Crippen LogP contribution in [-0.4, -0.2) is 29.3 Å². The van der Waals surface area contributed by atoms with E-state index in [2.05, 4.69) is 5.43 Å². The van der Waals surface area contributed by atoms with Gasteiger partial charge in [0.15, 0.2) is 6.10 Å². The fourth-order valence-corrected chi connectivity index (χ4v) is 1.85. The number of carboxylic acid groups (broad SMARTS) is 1. The number of nitrogens with one attached hydrogen (secondary N) is 1. The second kappa shape index (κ2) is 6.47. The molecule has 1 aliphatic heterocycles. The van der Waals surface area contributed by atoms with E-state index in [-0.39, 0.29) is 5.91 Å². The summed E-state index contributed by atoms with van der Waals surface area (Å²) in [6.07, 6.45) is 1.28. The quantitative estimate of drug-likeness (QED) is 0.859. The topological polar surface area (TPSA) is 78.9 Å². The van der Waals surface area contributed by atoms with Gasteiger partial charge in [-0.05, 0) is 36.8 Å². The highest BCUT2D eigenvalue weighted by Gasteiger charge is 2.26. The number of carbonyl (C=O) groups excluding carboxylic acids is 1. The SMILES string of the molecule is CCC(OC1C=CC(=O)N(c2ccc(F)cc2)N1)C(=O)O. The molecule has 2 N–H and O–H groups in total. The summed E-state index contributed by atoms with van der Waals surface area (Å²) >= 11 is 0. The van der Waals surface area contributed by atoms with E-state index >= 15 is 0 Å². The van der Waals surface area contributed by atoms with Crippen molar-refractivity contribution in [3.8, 4) is 0 Å². The number of ether oxygens (including phenoxy) is 1. The Morgan fingerprint density at radius 2 is 2.14 bits per heavy atom. The number of anilines is 1. The van der Waals surface area contributed by atoms with Crippen molar-refractivity contribution < 1.29 is 23.8 Å². The van der Waals surface area contributed by atoms with Gasteiger partial charge < -0.3 is 9.84 Å². The van der Waals surface area contributed by atoms with E-state index in [0.717, 1.165) is 0 Å². The van der Waals surface area contributed by atoms with Gasteiger partial charge in [0.2, 0.25) is 0 Å². The molecule has 0 saturated carbocycles. The Kier molecular flexibility index (Phi) is 4.66. The van der Waals surface area contributed by atoms with Crippen molar-refractivity contribution in [2.24, 2.45) is 0 Å². The third kappa shape index (κ3) is 3.65. The lowest BCUT2D eigenvalue weighted by Gasteiger charge is -2.31. The Bertz CT molecular complexity index is 559. The van der Waals surface area contributed by atoms with E-state index in [1.165, 1.54) is 41.4 Å². The number of nitrogens with zero attached hydrogens (tertiary/aromatic N) is 1. The van der Waals surface area contributed by atoms with Crippen LogP contribution in [0.4, 0.5) is 10.1 Å². The van der Waals surface area contributed by atoms with Gasteiger partial charge in [0.05, 0.1) is 5.69 Å². The number of rotatable bonds is 5. The Balaban J connectivity index is 2.11. The number of amides is 1. The van der Waals surface area contributed by atoms with Crippen molar-refractivity contribution in [2.75, 3.05) is 5.01 Å². The predicted octanol–water partition coefficient (Wildman–Crippen LogP) is 1.44. The molecule has 0 fully saturated rings. The zero-order chi connectivity index (χ0) is 15.4. The molecule has 21 heavy (non-hydrogen) atoms. The second-order valence-corrected chi connectivity index (χ2v) is 4.43. The first-order valence-electron chi connectivity index (χ1n) is 6.43. The lowest BCUT2D eigenvalue weighted by atomic mass is 10.2. The van der Waals surface area contributed by atoms with Gasteiger partial charge in [-0.25, -0.2) is 14.2 Å². The number of hydrogen-bond acceptors (Lipinski definition) is 4. The first-order chi connectivity index (χ1) is 10.0. The van der Waals surface area contributed by atoms with Crippen LogP contribution < -0.4 is 10.4 Å². The average Bonchev–Trinajstić information content (AvgIpc) is 2.47. The van der Waals surface area contributed by atoms with Crippen LogP contribution in [0.25, 0.3) is 0 Å². The summed E-state index contributed by atoms with van der Waals surface area (Å²) in [7, 11) is 0. The van der Waals surface area contributed by atoms with Gasteiger partial charge in [0.25, 0.3) is 5.91 Å². The van der Waals surface area contributed by atoms with Crippen LogP contribution in [-0.2, 0) is 14.3 Å². The molecule has 0 aromatic heterocycles. The lowest BCUT2D eigenvalue weighted by molar-refractivity contribution is -0.154. The van der Waals surface area contributed by atoms with Crippen molar-refractivity contribution in [1.82, 2.24) is 5.43 Å². The summed E-state index contributed by atoms with van der Waals surface area (Å²) in [5, 5.41) is 10.1. The summed E-state index contributed by atoms with van der Waals surface area (Å²) < 4.78 is 18.3. The molecule has 2 unspecified atom stereocenters. The molecule has 1 heterocycles. The molecule has 0 spiro atoms. The van der Waals surface area contributed by atoms with Crippen molar-refractivity contribution in [3.63, 3.8) is 0 Å². The average molecular weight is 294 g/mol. The van der Waals surface area contributed by atoms with Crippen LogP contribution in [0.5, 0.6) is 0 Å². The lowest BCUT2D eigenvalue weighted by Crippen LogP contribution is -2.52. The maximum atomic E-state index is 12.9. The van der Waals surface area contributed by atoms with Gasteiger partial charge >= 0.3 is 5.97 Å². The van der Waals surface area contributed by atoms with Crippen LogP contribution in [0.1, 0.15) is 13.3 Å². The van der Waals surface area contributed by atoms with Crippen molar-refractivity contribution in [2.45, 2.75) is 25.7 Å². The number of carbonyl (C=O) groups is 2. The number of hydrogen-bond donors (Lipinski definition) is 2. The standard InChI is InChI=1S/C14H15FN2O4/c1-2-11(14(19)20)21-12-7-8-13(18)17(16-12)10-5-3-9(15)4-6-10/h3-8,11-12,16H,2H2,1H3,(H,19,20). The Hall–Kier alpha value is -2.25. The maximum Gasteiger partial charge on any atom is 0.332 e. The van der Waals surface area contributed by atoms with Crippen molar-refractivity contribution >= 4 is 17.6 Å². The van der Waals surface area contributed by atoms with Crippen molar-refractivity contribution in [3.05, 3.63) is 42.2 Å². The number of aliphatic carboxylic acids is 1. The molecule has 7 heteroatoms. The summed E-state index contributed by atoms with van der Waals surface area (Å²) in [5.74, 6) is -1.84. The molecule has 1 aromatic carbocycles. The number of halogens is 1. The molecule has 112 valence electrons. The largest absolute Gasteiger partial charge is 0.479 e. The summed E-state index contributed by atoms with van der Waals surface area (Å²) in [6, 6.07) is 5.32. The zero-order valence-corrected chi connectivity index (χ0v) is 11.3.